The molecule has 0 saturated heterocycles. The van der Waals surface area contributed by atoms with Gasteiger partial charge in [0.05, 0.1) is 29.7 Å². The molecule has 6 heteroatoms. The number of nitrogens with zero attached hydrogens (tertiary/aromatic N) is 2. The Kier molecular flexibility index (Phi) is 6.29. The fourth-order valence-corrected chi connectivity index (χ4v) is 5.35. The molecule has 1 heterocycles. The monoisotopic (exact) mass is 498 g/mol. The molecule has 0 aliphatic rings. The lowest BCUT2D eigenvalue weighted by Gasteiger charge is -2.28. The van der Waals surface area contributed by atoms with E-state index in [9.17, 15) is 8.42 Å². The molecule has 5 rings (SSSR count). The van der Waals surface area contributed by atoms with Crippen LogP contribution in [0.5, 0.6) is 0 Å². The molecule has 1 aromatic heterocycles. The first kappa shape index (κ1) is 23.1. The molecule has 0 N–H and O–H groups in total. The van der Waals surface area contributed by atoms with E-state index >= 15 is 0 Å². The molecular weight excluding hydrogens is 476 g/mol. The van der Waals surface area contributed by atoms with Crippen molar-refractivity contribution in [1.29, 1.82) is 0 Å². The SMILES string of the molecule is CS(=O)(=O)N(Cc1ccccc1)c1c(-c2ccccc2)c(-c2ccccc2)nc2cc(Cl)ccc12. The summed E-state index contributed by atoms with van der Waals surface area (Å²) >= 11 is 6.35. The Hall–Kier alpha value is -3.67. The smallest absolute Gasteiger partial charge is 0.232 e. The summed E-state index contributed by atoms with van der Waals surface area (Å²) in [5, 5.41) is 1.26. The van der Waals surface area contributed by atoms with E-state index in [4.69, 9.17) is 16.6 Å². The number of halogens is 1. The molecule has 0 aliphatic carbocycles. The van der Waals surface area contributed by atoms with Gasteiger partial charge in [-0.15, -0.1) is 0 Å². The number of sulfonamides is 1. The summed E-state index contributed by atoms with van der Waals surface area (Å²) in [6, 6.07) is 34.6. The van der Waals surface area contributed by atoms with Crippen LogP contribution in [0, 0.1) is 0 Å². The van der Waals surface area contributed by atoms with E-state index in [1.54, 1.807) is 12.1 Å². The lowest BCUT2D eigenvalue weighted by atomic mass is 9.95. The largest absolute Gasteiger partial charge is 0.265 e. The van der Waals surface area contributed by atoms with Gasteiger partial charge in [-0.1, -0.05) is 103 Å². The van der Waals surface area contributed by atoms with Crippen LogP contribution in [0.4, 0.5) is 5.69 Å². The fourth-order valence-electron chi connectivity index (χ4n) is 4.27. The molecule has 0 radical (unpaired) electrons. The van der Waals surface area contributed by atoms with Crippen LogP contribution in [0.1, 0.15) is 5.56 Å². The van der Waals surface area contributed by atoms with Crippen molar-refractivity contribution < 1.29 is 8.42 Å². The first-order chi connectivity index (χ1) is 16.9. The van der Waals surface area contributed by atoms with E-state index in [1.807, 2.05) is 97.1 Å². The van der Waals surface area contributed by atoms with Gasteiger partial charge in [0, 0.05) is 21.5 Å². The molecule has 4 aromatic carbocycles. The van der Waals surface area contributed by atoms with Gasteiger partial charge in [0.2, 0.25) is 10.0 Å². The highest BCUT2D eigenvalue weighted by atomic mass is 35.5. The summed E-state index contributed by atoms with van der Waals surface area (Å²) in [5.74, 6) is 0. The highest BCUT2D eigenvalue weighted by molar-refractivity contribution is 7.92. The second-order valence-corrected chi connectivity index (χ2v) is 10.7. The standard InChI is InChI=1S/C29H23ClN2O2S/c1-35(33,34)32(20-21-11-5-2-6-12-21)29-25-18-17-24(30)19-26(25)31-28(23-15-9-4-10-16-23)27(29)22-13-7-3-8-14-22/h2-19H,20H2,1H3. The Balaban J connectivity index is 1.92. The average molecular weight is 499 g/mol. The molecule has 0 aliphatic heterocycles. The summed E-state index contributed by atoms with van der Waals surface area (Å²) < 4.78 is 28.2. The fraction of sp³-hybridized carbons (Fsp3) is 0.0690. The lowest BCUT2D eigenvalue weighted by Crippen LogP contribution is -2.30. The third-order valence-corrected chi connectivity index (χ3v) is 7.20. The third kappa shape index (κ3) is 4.78. The van der Waals surface area contributed by atoms with Gasteiger partial charge in [-0.25, -0.2) is 13.4 Å². The van der Waals surface area contributed by atoms with Gasteiger partial charge in [0.1, 0.15) is 0 Å². The summed E-state index contributed by atoms with van der Waals surface area (Å²) in [7, 11) is -3.67. The zero-order valence-corrected chi connectivity index (χ0v) is 20.7. The Morgan fingerprint density at radius 3 is 1.94 bits per heavy atom. The van der Waals surface area contributed by atoms with Crippen LogP contribution in [-0.4, -0.2) is 19.7 Å². The molecule has 0 unspecified atom stereocenters. The van der Waals surface area contributed by atoms with Gasteiger partial charge < -0.3 is 0 Å². The molecular formula is C29H23ClN2O2S. The Bertz CT molecular complexity index is 1590. The quantitative estimate of drug-likeness (QED) is 0.249. The van der Waals surface area contributed by atoms with Crippen molar-refractivity contribution in [2.24, 2.45) is 0 Å². The van der Waals surface area contributed by atoms with Crippen molar-refractivity contribution in [1.82, 2.24) is 4.98 Å². The minimum Gasteiger partial charge on any atom is -0.265 e. The van der Waals surface area contributed by atoms with Gasteiger partial charge in [-0.2, -0.15) is 0 Å². The second kappa shape index (κ2) is 9.53. The van der Waals surface area contributed by atoms with Gasteiger partial charge in [-0.05, 0) is 29.3 Å². The summed E-state index contributed by atoms with van der Waals surface area (Å²) in [6.07, 6.45) is 1.25. The van der Waals surface area contributed by atoms with Crippen LogP contribution < -0.4 is 4.31 Å². The molecule has 4 nitrogen and oxygen atoms in total. The van der Waals surface area contributed by atoms with Crippen molar-refractivity contribution in [3.05, 3.63) is 120 Å². The van der Waals surface area contributed by atoms with E-state index < -0.39 is 10.0 Å². The Morgan fingerprint density at radius 1 is 0.771 bits per heavy atom. The second-order valence-electron chi connectivity index (χ2n) is 8.33. The molecule has 0 bridgehead atoms. The molecule has 35 heavy (non-hydrogen) atoms. The van der Waals surface area contributed by atoms with Gasteiger partial charge in [0.25, 0.3) is 0 Å². The number of hydrogen-bond donors (Lipinski definition) is 0. The van der Waals surface area contributed by atoms with Crippen molar-refractivity contribution in [2.45, 2.75) is 6.54 Å². The highest BCUT2D eigenvalue weighted by Gasteiger charge is 2.27. The van der Waals surface area contributed by atoms with Gasteiger partial charge in [0.15, 0.2) is 0 Å². The van der Waals surface area contributed by atoms with E-state index in [2.05, 4.69) is 0 Å². The van der Waals surface area contributed by atoms with E-state index in [0.717, 1.165) is 22.3 Å². The molecule has 0 spiro atoms. The van der Waals surface area contributed by atoms with Crippen LogP contribution in [0.2, 0.25) is 5.02 Å². The summed E-state index contributed by atoms with van der Waals surface area (Å²) in [6.45, 7) is 0.190. The van der Waals surface area contributed by atoms with Gasteiger partial charge in [-0.3, -0.25) is 4.31 Å². The van der Waals surface area contributed by atoms with Crippen LogP contribution in [0.15, 0.2) is 109 Å². The third-order valence-electron chi connectivity index (χ3n) is 5.85. The molecule has 0 amide bonds. The van der Waals surface area contributed by atoms with Crippen molar-refractivity contribution >= 4 is 38.2 Å². The molecule has 0 fully saturated rings. The van der Waals surface area contributed by atoms with E-state index in [0.29, 0.717) is 27.3 Å². The first-order valence-electron chi connectivity index (χ1n) is 11.2. The van der Waals surface area contributed by atoms with Gasteiger partial charge >= 0.3 is 0 Å². The minimum atomic E-state index is -3.67. The Morgan fingerprint density at radius 2 is 1.34 bits per heavy atom. The van der Waals surface area contributed by atoms with Crippen molar-refractivity contribution in [2.75, 3.05) is 10.6 Å². The number of benzene rings is 4. The number of anilines is 1. The van der Waals surface area contributed by atoms with Crippen LogP contribution in [0.3, 0.4) is 0 Å². The number of hydrogen-bond acceptors (Lipinski definition) is 3. The van der Waals surface area contributed by atoms with Crippen molar-refractivity contribution in [3.8, 4) is 22.4 Å². The normalized spacial score (nSPS) is 11.5. The maximum absolute atomic E-state index is 13.4. The van der Waals surface area contributed by atoms with Crippen LogP contribution in [0.25, 0.3) is 33.3 Å². The zero-order chi connectivity index (χ0) is 24.4. The van der Waals surface area contributed by atoms with E-state index in [1.165, 1.54) is 10.6 Å². The van der Waals surface area contributed by atoms with E-state index in [-0.39, 0.29) is 6.54 Å². The maximum Gasteiger partial charge on any atom is 0.232 e. The zero-order valence-electron chi connectivity index (χ0n) is 19.1. The minimum absolute atomic E-state index is 0.190. The topological polar surface area (TPSA) is 50.3 Å². The predicted molar refractivity (Wildman–Crippen MR) is 145 cm³/mol. The summed E-state index contributed by atoms with van der Waals surface area (Å²) in [4.78, 5) is 5.01. The maximum atomic E-state index is 13.4. The number of fused-ring (bicyclic) bond motifs is 1. The average Bonchev–Trinajstić information content (AvgIpc) is 2.87. The molecule has 174 valence electrons. The van der Waals surface area contributed by atoms with Crippen molar-refractivity contribution in [3.63, 3.8) is 0 Å². The molecule has 5 aromatic rings. The van der Waals surface area contributed by atoms with Crippen LogP contribution in [-0.2, 0) is 16.6 Å². The summed E-state index contributed by atoms with van der Waals surface area (Å²) in [5.41, 5.74) is 5.33. The number of aromatic nitrogens is 1. The highest BCUT2D eigenvalue weighted by Crippen LogP contribution is 2.44. The first-order valence-corrected chi connectivity index (χ1v) is 13.4. The molecule has 0 saturated carbocycles. The number of rotatable bonds is 6. The Labute approximate surface area is 210 Å². The predicted octanol–water partition coefficient (Wildman–Crippen LogP) is 7.19. The lowest BCUT2D eigenvalue weighted by molar-refractivity contribution is 0.596. The number of pyridine rings is 1. The molecule has 0 atom stereocenters. The van der Waals surface area contributed by atoms with Crippen LogP contribution >= 0.6 is 11.6 Å².